The summed E-state index contributed by atoms with van der Waals surface area (Å²) in [5, 5.41) is 67.1. The lowest BCUT2D eigenvalue weighted by atomic mass is 9.97. The molecule has 26 nitrogen and oxygen atoms in total. The quantitative estimate of drug-likeness (QED) is 0.0415. The van der Waals surface area contributed by atoms with Crippen molar-refractivity contribution in [3.63, 3.8) is 0 Å². The Balaban J connectivity index is 1.46. The fraction of sp³-hybridized carbons (Fsp3) is 0.582. The number of nitrogens with two attached hydrogens (primary N) is 1. The number of aliphatic hydroxyl groups excluding tert-OH is 2. The molecule has 0 radical (unpaired) electrons. The molecule has 2 aromatic carbocycles. The maximum atomic E-state index is 14.4. The Morgan fingerprint density at radius 2 is 1.14 bits per heavy atom. The number of amides is 9. The minimum absolute atomic E-state index is 0.0104. The van der Waals surface area contributed by atoms with Gasteiger partial charge in [-0.05, 0) is 93.9 Å². The zero-order chi connectivity index (χ0) is 60.2. The van der Waals surface area contributed by atoms with Crippen LogP contribution in [0.5, 0.6) is 5.75 Å². The minimum atomic E-state index is -1.76. The molecule has 4 rings (SSSR count). The molecule has 2 aliphatic rings. The molecular weight excluding hydrogens is 1060 g/mol. The van der Waals surface area contributed by atoms with E-state index in [9.17, 15) is 78.3 Å². The van der Waals surface area contributed by atoms with Gasteiger partial charge in [0.25, 0.3) is 0 Å². The summed E-state index contributed by atoms with van der Waals surface area (Å²) in [5.74, 6) is -11.0. The summed E-state index contributed by atoms with van der Waals surface area (Å²) >= 11 is 0. The number of aromatic hydroxyl groups is 1. The van der Waals surface area contributed by atoms with E-state index in [1.807, 2.05) is 6.07 Å². The van der Waals surface area contributed by atoms with Crippen LogP contribution in [-0.2, 0) is 65.6 Å². The lowest BCUT2D eigenvalue weighted by Crippen LogP contribution is -2.62. The predicted octanol–water partition coefficient (Wildman–Crippen LogP) is -1.69. The Morgan fingerprint density at radius 3 is 1.68 bits per heavy atom. The number of nitrogens with one attached hydrogen (secondary N) is 7. The van der Waals surface area contributed by atoms with E-state index in [-0.39, 0.29) is 63.3 Å². The van der Waals surface area contributed by atoms with Crippen molar-refractivity contribution in [2.45, 2.75) is 172 Å². The number of carboxylic acid groups (broad SMARTS) is 2. The van der Waals surface area contributed by atoms with Crippen LogP contribution in [0.3, 0.4) is 0 Å². The van der Waals surface area contributed by atoms with Crippen LogP contribution in [0.2, 0.25) is 0 Å². The standard InChI is InChI=1S/C55H80N10O16/c1-7-30(4)44(51(76)63-45(32(6)67)52(77)61-40(28-66)48(73)60-39(55(80)81)25-29(2)3)62-50(75)42-16-12-24-65(42)54(79)37(21-22-43(69)70)58-49(74)41-15-11-23-64(41)53(78)31(5)57-47(72)38(27-34-17-19-35(68)20-18-34)59-46(71)36(56)26-33-13-9-8-10-14-33/h8-10,13-14,17-20,29-32,36-42,44-45,66-68H,7,11-12,15-16,21-28,56H2,1-6H3,(H,57,72)(H,58,74)(H,59,71)(H,60,73)(H,61,77)(H,62,75)(H,63,76)(H,69,70)(H,80,81)/t30-,31-,32+,36-,37-,38-,39-,40-,41-,42-,44-,45-/m0/s1. The first-order valence-corrected chi connectivity index (χ1v) is 27.3. The molecule has 0 saturated carbocycles. The van der Waals surface area contributed by atoms with Gasteiger partial charge in [-0.3, -0.25) is 47.9 Å². The second-order valence-electron chi connectivity index (χ2n) is 21.2. The van der Waals surface area contributed by atoms with Gasteiger partial charge in [0.15, 0.2) is 0 Å². The molecule has 12 atom stereocenters. The van der Waals surface area contributed by atoms with Crippen molar-refractivity contribution in [2.75, 3.05) is 19.7 Å². The first-order chi connectivity index (χ1) is 38.3. The monoisotopic (exact) mass is 1140 g/mol. The van der Waals surface area contributed by atoms with Gasteiger partial charge in [-0.1, -0.05) is 76.6 Å². The van der Waals surface area contributed by atoms with Gasteiger partial charge in [-0.2, -0.15) is 0 Å². The first-order valence-electron chi connectivity index (χ1n) is 27.3. The summed E-state index contributed by atoms with van der Waals surface area (Å²) in [6.45, 7) is 8.44. The highest BCUT2D eigenvalue weighted by atomic mass is 16.4. The molecule has 14 N–H and O–H groups in total. The molecule has 0 spiro atoms. The smallest absolute Gasteiger partial charge is 0.326 e. The van der Waals surface area contributed by atoms with Crippen LogP contribution < -0.4 is 43.0 Å². The molecule has 0 unspecified atom stereocenters. The van der Waals surface area contributed by atoms with Crippen molar-refractivity contribution < 1.29 is 78.3 Å². The molecule has 0 aromatic heterocycles. The van der Waals surface area contributed by atoms with E-state index in [1.165, 1.54) is 24.0 Å². The zero-order valence-electron chi connectivity index (χ0n) is 46.6. The van der Waals surface area contributed by atoms with Crippen molar-refractivity contribution >= 4 is 65.1 Å². The summed E-state index contributed by atoms with van der Waals surface area (Å²) in [6.07, 6.45) is -1.31. The number of aliphatic carboxylic acids is 2. The van der Waals surface area contributed by atoms with Gasteiger partial charge in [0, 0.05) is 25.9 Å². The van der Waals surface area contributed by atoms with E-state index >= 15 is 0 Å². The van der Waals surface area contributed by atoms with Gasteiger partial charge in [-0.25, -0.2) is 4.79 Å². The van der Waals surface area contributed by atoms with Crippen LogP contribution in [0.1, 0.15) is 104 Å². The SMILES string of the molecule is CC[C@H](C)[C@H](NC(=O)[C@@H]1CCCN1C(=O)[C@H](CCC(=O)O)NC(=O)[C@@H]1CCCN1C(=O)[C@H](C)NC(=O)[C@H](Cc1ccc(O)cc1)NC(=O)[C@@H](N)Cc1ccccc1)C(=O)N[C@H](C(=O)N[C@@H](CO)C(=O)N[C@@H](CC(C)C)C(=O)O)[C@@H](C)O. The lowest BCUT2D eigenvalue weighted by Gasteiger charge is -2.33. The summed E-state index contributed by atoms with van der Waals surface area (Å²) in [7, 11) is 0. The fourth-order valence-corrected chi connectivity index (χ4v) is 9.56. The number of phenols is 1. The number of hydrogen-bond donors (Lipinski definition) is 13. The molecular formula is C55H80N10O16. The van der Waals surface area contributed by atoms with E-state index < -0.39 is 157 Å². The number of rotatable bonds is 30. The van der Waals surface area contributed by atoms with Crippen molar-refractivity contribution in [3.8, 4) is 5.75 Å². The third kappa shape index (κ3) is 19.5. The van der Waals surface area contributed by atoms with Crippen molar-refractivity contribution in [1.29, 1.82) is 0 Å². The molecule has 2 fully saturated rings. The molecule has 446 valence electrons. The Hall–Kier alpha value is -7.71. The lowest BCUT2D eigenvalue weighted by molar-refractivity contribution is -0.145. The normalized spacial score (nSPS) is 18.7. The van der Waals surface area contributed by atoms with E-state index in [2.05, 4.69) is 37.2 Å². The van der Waals surface area contributed by atoms with Gasteiger partial charge >= 0.3 is 11.9 Å². The number of likely N-dealkylation sites (tertiary alicyclic amines) is 2. The summed E-state index contributed by atoms with van der Waals surface area (Å²) in [4.78, 5) is 151. The molecule has 26 heteroatoms. The van der Waals surface area contributed by atoms with Gasteiger partial charge in [0.05, 0.1) is 18.8 Å². The number of carbonyl (C=O) groups is 11. The molecule has 0 aliphatic carbocycles. The molecule has 9 amide bonds. The van der Waals surface area contributed by atoms with E-state index in [0.29, 0.717) is 18.4 Å². The van der Waals surface area contributed by atoms with Crippen LogP contribution in [0.25, 0.3) is 0 Å². The van der Waals surface area contributed by atoms with E-state index in [4.69, 9.17) is 5.73 Å². The van der Waals surface area contributed by atoms with Crippen LogP contribution in [0, 0.1) is 11.8 Å². The Morgan fingerprint density at radius 1 is 0.605 bits per heavy atom. The van der Waals surface area contributed by atoms with Crippen LogP contribution in [0.15, 0.2) is 54.6 Å². The molecule has 2 heterocycles. The Labute approximate surface area is 470 Å². The van der Waals surface area contributed by atoms with E-state index in [0.717, 1.165) is 17.4 Å². The summed E-state index contributed by atoms with van der Waals surface area (Å²) in [5.41, 5.74) is 7.59. The summed E-state index contributed by atoms with van der Waals surface area (Å²) < 4.78 is 0. The van der Waals surface area contributed by atoms with Gasteiger partial charge in [0.1, 0.15) is 60.1 Å². The molecule has 0 bridgehead atoms. The summed E-state index contributed by atoms with van der Waals surface area (Å²) in [6, 6.07) is 1.34. The third-order valence-electron chi connectivity index (χ3n) is 14.3. The zero-order valence-corrected chi connectivity index (χ0v) is 46.6. The van der Waals surface area contributed by atoms with Crippen LogP contribution >= 0.6 is 0 Å². The van der Waals surface area contributed by atoms with Crippen molar-refractivity contribution in [2.24, 2.45) is 17.6 Å². The van der Waals surface area contributed by atoms with Gasteiger partial charge in [-0.15, -0.1) is 0 Å². The number of hydrogen-bond acceptors (Lipinski definition) is 15. The fourth-order valence-electron chi connectivity index (χ4n) is 9.56. The minimum Gasteiger partial charge on any atom is -0.508 e. The Bertz CT molecular complexity index is 2530. The second kappa shape index (κ2) is 31.3. The van der Waals surface area contributed by atoms with Crippen LogP contribution in [-0.4, -0.2) is 187 Å². The maximum Gasteiger partial charge on any atom is 0.326 e. The number of aliphatic hydroxyl groups is 2. The van der Waals surface area contributed by atoms with Crippen molar-refractivity contribution in [1.82, 2.24) is 47.0 Å². The number of nitrogens with zero attached hydrogens (tertiary/aromatic N) is 2. The Kier molecular flexibility index (Phi) is 25.5. The average molecular weight is 1140 g/mol. The van der Waals surface area contributed by atoms with Crippen molar-refractivity contribution in [3.05, 3.63) is 65.7 Å². The number of carbonyl (C=O) groups excluding carboxylic acids is 9. The molecule has 2 aromatic rings. The predicted molar refractivity (Wildman–Crippen MR) is 291 cm³/mol. The number of phenolic OH excluding ortho intramolecular Hbond substituents is 1. The largest absolute Gasteiger partial charge is 0.508 e. The van der Waals surface area contributed by atoms with Crippen LogP contribution in [0.4, 0.5) is 0 Å². The van der Waals surface area contributed by atoms with Gasteiger partial charge in [0.2, 0.25) is 53.2 Å². The molecule has 2 saturated heterocycles. The second-order valence-corrected chi connectivity index (χ2v) is 21.2. The molecule has 81 heavy (non-hydrogen) atoms. The highest BCUT2D eigenvalue weighted by Gasteiger charge is 2.43. The molecule has 2 aliphatic heterocycles. The first kappa shape index (κ1) is 65.8. The maximum absolute atomic E-state index is 14.4. The third-order valence-corrected chi connectivity index (χ3v) is 14.3. The highest BCUT2D eigenvalue weighted by molar-refractivity contribution is 5.99. The van der Waals surface area contributed by atoms with E-state index in [1.54, 1.807) is 64.1 Å². The number of carboxylic acids is 2. The highest BCUT2D eigenvalue weighted by Crippen LogP contribution is 2.24. The van der Waals surface area contributed by atoms with Gasteiger partial charge < -0.3 is 78.3 Å². The average Bonchev–Trinajstić information content (AvgIpc) is 4.21. The number of benzene rings is 2. The topological polar surface area (TPSA) is 406 Å².